The van der Waals surface area contributed by atoms with E-state index in [1.807, 2.05) is 122 Å². The smallest absolute Gasteiger partial charge is 0.224 e. The van der Waals surface area contributed by atoms with Gasteiger partial charge in [0, 0.05) is 13.0 Å². The summed E-state index contributed by atoms with van der Waals surface area (Å²) < 4.78 is 27.5. The SMILES string of the molecule is C.C.C.C.COc1cc(CC(=O)NCCc2ccc(C)c(C)c2)ccc1C.COc1cc(CC(C)=O)ccc1OCc1ccccc1.COc1cc(CCN)ccc1OCc1ccccc1. The molecule has 0 unspecified atom stereocenters. The van der Waals surface area contributed by atoms with E-state index in [2.05, 4.69) is 37.4 Å². The van der Waals surface area contributed by atoms with Gasteiger partial charge in [-0.05, 0) is 127 Å². The van der Waals surface area contributed by atoms with Crippen molar-refractivity contribution < 1.29 is 33.3 Å². The van der Waals surface area contributed by atoms with Crippen molar-refractivity contribution >= 4 is 11.7 Å². The normalized spacial score (nSPS) is 9.64. The summed E-state index contributed by atoms with van der Waals surface area (Å²) in [7, 11) is 4.90. The van der Waals surface area contributed by atoms with Crippen LogP contribution >= 0.6 is 0 Å². The summed E-state index contributed by atoms with van der Waals surface area (Å²) in [6.45, 7) is 10.1. The number of amides is 1. The molecule has 0 aliphatic carbocycles. The molecule has 6 aromatic rings. The highest BCUT2D eigenvalue weighted by molar-refractivity contribution is 5.79. The van der Waals surface area contributed by atoms with Gasteiger partial charge in [-0.3, -0.25) is 9.59 Å². The Morgan fingerprint density at radius 3 is 1.41 bits per heavy atom. The van der Waals surface area contributed by atoms with E-state index in [9.17, 15) is 9.59 Å². The second kappa shape index (κ2) is 32.1. The number of nitrogens with two attached hydrogens (primary N) is 1. The average Bonchev–Trinajstić information content (AvgIpc) is 3.28. The zero-order valence-corrected chi connectivity index (χ0v) is 37.3. The summed E-state index contributed by atoms with van der Waals surface area (Å²) in [6.07, 6.45) is 2.48. The summed E-state index contributed by atoms with van der Waals surface area (Å²) in [5.41, 5.74) is 15.8. The average molecular weight is 903 g/mol. The maximum atomic E-state index is 12.1. The maximum absolute atomic E-state index is 12.1. The molecule has 0 bridgehead atoms. The summed E-state index contributed by atoms with van der Waals surface area (Å²) in [6, 6.07) is 43.9. The van der Waals surface area contributed by atoms with Crippen LogP contribution in [0.2, 0.25) is 0 Å². The van der Waals surface area contributed by atoms with Gasteiger partial charge in [0.1, 0.15) is 24.7 Å². The van der Waals surface area contributed by atoms with Crippen molar-refractivity contribution in [1.82, 2.24) is 5.32 Å². The third-order valence-corrected chi connectivity index (χ3v) is 9.96. The van der Waals surface area contributed by atoms with Crippen LogP contribution in [0, 0.1) is 20.8 Å². The number of nitrogens with one attached hydrogen (secondary N) is 1. The third-order valence-electron chi connectivity index (χ3n) is 9.96. The molecule has 6 aromatic carbocycles. The Balaban J connectivity index is 0.000000936. The van der Waals surface area contributed by atoms with Crippen LogP contribution in [0.15, 0.2) is 133 Å². The topological polar surface area (TPSA) is 118 Å². The molecular formula is C57H78N2O7. The van der Waals surface area contributed by atoms with Crippen LogP contribution in [0.25, 0.3) is 0 Å². The molecule has 0 aliphatic rings. The Kier molecular flexibility index (Phi) is 28.9. The standard InChI is InChI=1S/C20H25NO2.C17H18O3.C16H19NO2.4CH4/c1-14-5-7-17(11-16(14)3)9-10-21-20(22)13-18-8-6-15(2)19(12-18)23-4;1-13(18)10-15-8-9-16(17(11-15)19-2)20-12-14-6-4-3-5-7-14;1-18-16-11-13(9-10-17)7-8-15(16)19-12-14-5-3-2-4-6-14;;;;/h5-8,11-12H,9-10,13H2,1-4H3,(H,21,22);3-9,11H,10,12H2,1-2H3;2-8,11H,9-10,12,17H2,1H3;4*1H4. The fraction of sp³-hybridized carbons (Fsp3) is 0.333. The summed E-state index contributed by atoms with van der Waals surface area (Å²) >= 11 is 0. The first-order chi connectivity index (χ1) is 30.0. The first-order valence-electron chi connectivity index (χ1n) is 20.8. The Morgan fingerprint density at radius 1 is 0.470 bits per heavy atom. The van der Waals surface area contributed by atoms with Crippen molar-refractivity contribution in [3.63, 3.8) is 0 Å². The number of methoxy groups -OCH3 is 3. The molecule has 0 fully saturated rings. The van der Waals surface area contributed by atoms with Crippen molar-refractivity contribution in [3.8, 4) is 28.7 Å². The fourth-order valence-electron chi connectivity index (χ4n) is 6.38. The first-order valence-corrected chi connectivity index (χ1v) is 20.8. The highest BCUT2D eigenvalue weighted by atomic mass is 16.5. The van der Waals surface area contributed by atoms with Crippen LogP contribution in [0.1, 0.15) is 86.7 Å². The summed E-state index contributed by atoms with van der Waals surface area (Å²) in [5, 5.41) is 2.99. The fourth-order valence-corrected chi connectivity index (χ4v) is 6.38. The van der Waals surface area contributed by atoms with E-state index in [0.29, 0.717) is 50.6 Å². The Bertz CT molecular complexity index is 2290. The van der Waals surface area contributed by atoms with Crippen LogP contribution in [-0.2, 0) is 48.5 Å². The van der Waals surface area contributed by atoms with E-state index < -0.39 is 0 Å². The number of hydrogen-bond donors (Lipinski definition) is 2. The molecule has 0 aliphatic heterocycles. The molecule has 0 saturated carbocycles. The van der Waals surface area contributed by atoms with E-state index in [4.69, 9.17) is 29.4 Å². The van der Waals surface area contributed by atoms with Gasteiger partial charge in [-0.15, -0.1) is 0 Å². The lowest BCUT2D eigenvalue weighted by Gasteiger charge is -2.12. The Labute approximate surface area is 397 Å². The number of ether oxygens (including phenoxy) is 5. The largest absolute Gasteiger partial charge is 0.496 e. The molecule has 0 aromatic heterocycles. The van der Waals surface area contributed by atoms with Crippen LogP contribution in [0.3, 0.4) is 0 Å². The van der Waals surface area contributed by atoms with Crippen molar-refractivity contribution in [2.45, 2.75) is 96.3 Å². The van der Waals surface area contributed by atoms with Gasteiger partial charge in [0.15, 0.2) is 23.0 Å². The van der Waals surface area contributed by atoms with E-state index in [-0.39, 0.29) is 41.4 Å². The van der Waals surface area contributed by atoms with Crippen molar-refractivity contribution in [3.05, 3.63) is 184 Å². The molecule has 0 saturated heterocycles. The predicted octanol–water partition coefficient (Wildman–Crippen LogP) is 12.2. The van der Waals surface area contributed by atoms with E-state index in [0.717, 1.165) is 63.5 Å². The zero-order valence-electron chi connectivity index (χ0n) is 37.3. The summed E-state index contributed by atoms with van der Waals surface area (Å²) in [5.74, 6) is 3.84. The van der Waals surface area contributed by atoms with Crippen molar-refractivity contribution in [1.29, 1.82) is 0 Å². The van der Waals surface area contributed by atoms with E-state index >= 15 is 0 Å². The molecule has 1 amide bonds. The molecule has 358 valence electrons. The number of hydrogen-bond acceptors (Lipinski definition) is 8. The number of carbonyl (C=O) groups excluding carboxylic acids is 2. The van der Waals surface area contributed by atoms with Gasteiger partial charge in [-0.2, -0.15) is 0 Å². The van der Waals surface area contributed by atoms with Gasteiger partial charge < -0.3 is 34.7 Å². The molecule has 9 heteroatoms. The Hall–Kier alpha value is -6.58. The second-order valence-electron chi connectivity index (χ2n) is 14.9. The first kappa shape index (κ1) is 59.4. The molecule has 3 N–H and O–H groups in total. The van der Waals surface area contributed by atoms with Crippen molar-refractivity contribution in [2.24, 2.45) is 5.73 Å². The van der Waals surface area contributed by atoms with Gasteiger partial charge in [-0.1, -0.05) is 133 Å². The minimum atomic E-state index is 0. The monoisotopic (exact) mass is 903 g/mol. The lowest BCUT2D eigenvalue weighted by molar-refractivity contribution is -0.120. The van der Waals surface area contributed by atoms with E-state index in [1.54, 1.807) is 28.3 Å². The molecule has 6 rings (SSSR count). The number of benzene rings is 6. The number of aryl methyl sites for hydroxylation is 3. The third kappa shape index (κ3) is 20.5. The van der Waals surface area contributed by atoms with Gasteiger partial charge in [0.2, 0.25) is 5.91 Å². The lowest BCUT2D eigenvalue weighted by atomic mass is 10.0. The molecule has 66 heavy (non-hydrogen) atoms. The molecule has 0 spiro atoms. The number of ketones is 1. The molecule has 0 atom stereocenters. The van der Waals surface area contributed by atoms with Crippen molar-refractivity contribution in [2.75, 3.05) is 34.4 Å². The van der Waals surface area contributed by atoms with Crippen LogP contribution in [-0.4, -0.2) is 46.1 Å². The van der Waals surface area contributed by atoms with Gasteiger partial charge in [0.05, 0.1) is 27.8 Å². The minimum absolute atomic E-state index is 0. The Morgan fingerprint density at radius 2 is 0.909 bits per heavy atom. The quantitative estimate of drug-likeness (QED) is 0.0875. The summed E-state index contributed by atoms with van der Waals surface area (Å²) in [4.78, 5) is 23.2. The number of rotatable bonds is 18. The second-order valence-corrected chi connectivity index (χ2v) is 14.9. The minimum Gasteiger partial charge on any atom is -0.496 e. The number of Topliss-reactive ketones (excluding diaryl/α,β-unsaturated/α-hetero) is 1. The maximum Gasteiger partial charge on any atom is 0.224 e. The molecule has 0 radical (unpaired) electrons. The highest BCUT2D eigenvalue weighted by Gasteiger charge is 2.09. The van der Waals surface area contributed by atoms with Crippen LogP contribution in [0.4, 0.5) is 0 Å². The lowest BCUT2D eigenvalue weighted by Crippen LogP contribution is -2.27. The van der Waals surface area contributed by atoms with Crippen LogP contribution < -0.4 is 34.7 Å². The van der Waals surface area contributed by atoms with Gasteiger partial charge in [0.25, 0.3) is 0 Å². The zero-order chi connectivity index (χ0) is 44.7. The molecular weight excluding hydrogens is 825 g/mol. The van der Waals surface area contributed by atoms with Gasteiger partial charge in [-0.25, -0.2) is 0 Å². The molecule has 9 nitrogen and oxygen atoms in total. The predicted molar refractivity (Wildman–Crippen MR) is 276 cm³/mol. The van der Waals surface area contributed by atoms with Gasteiger partial charge >= 0.3 is 0 Å². The molecule has 0 heterocycles. The number of carbonyl (C=O) groups is 2. The van der Waals surface area contributed by atoms with Crippen LogP contribution in [0.5, 0.6) is 28.7 Å². The highest BCUT2D eigenvalue weighted by Crippen LogP contribution is 2.30. The van der Waals surface area contributed by atoms with E-state index in [1.165, 1.54) is 16.7 Å².